The Morgan fingerprint density at radius 2 is 1.60 bits per heavy atom. The summed E-state index contributed by atoms with van der Waals surface area (Å²) in [6.07, 6.45) is 0. The third kappa shape index (κ3) is 6.22. The molecule has 7 heteroatoms. The number of benzene rings is 2. The molecule has 1 aliphatic heterocycles. The first-order valence-electron chi connectivity index (χ1n) is 12.0. The van der Waals surface area contributed by atoms with Gasteiger partial charge in [0.05, 0.1) is 13.7 Å². The predicted octanol–water partition coefficient (Wildman–Crippen LogP) is 5.19. The standard InChI is InChI=1S/C28H34FN3O3/c1-28(2,3)32(19-21-5-7-22(29)8-6-21)20-25-13-14-26(35-25)27(33)31-17-15-30(16-18-31)23-9-11-24(34-4)12-10-23/h5-14H,15-20H2,1-4H3. The highest BCUT2D eigenvalue weighted by Gasteiger charge is 2.26. The van der Waals surface area contributed by atoms with Crippen LogP contribution < -0.4 is 9.64 Å². The molecule has 1 amide bonds. The van der Waals surface area contributed by atoms with Gasteiger partial charge in [0.15, 0.2) is 5.76 Å². The summed E-state index contributed by atoms with van der Waals surface area (Å²) in [5.41, 5.74) is 2.02. The van der Waals surface area contributed by atoms with E-state index in [4.69, 9.17) is 9.15 Å². The van der Waals surface area contributed by atoms with Crippen molar-refractivity contribution in [1.82, 2.24) is 9.80 Å². The zero-order valence-electron chi connectivity index (χ0n) is 21.0. The van der Waals surface area contributed by atoms with E-state index >= 15 is 0 Å². The van der Waals surface area contributed by atoms with Crippen molar-refractivity contribution in [3.05, 3.63) is 83.6 Å². The zero-order chi connectivity index (χ0) is 25.0. The molecule has 0 aliphatic carbocycles. The van der Waals surface area contributed by atoms with Gasteiger partial charge in [-0.2, -0.15) is 0 Å². The molecule has 0 N–H and O–H groups in total. The van der Waals surface area contributed by atoms with E-state index in [0.29, 0.717) is 31.9 Å². The normalized spacial score (nSPS) is 14.5. The molecule has 1 aromatic heterocycles. The largest absolute Gasteiger partial charge is 0.497 e. The lowest BCUT2D eigenvalue weighted by Crippen LogP contribution is -2.48. The van der Waals surface area contributed by atoms with Crippen LogP contribution in [0.15, 0.2) is 65.1 Å². The molecule has 4 rings (SSSR count). The van der Waals surface area contributed by atoms with E-state index in [1.165, 1.54) is 12.1 Å². The van der Waals surface area contributed by atoms with Crippen molar-refractivity contribution in [3.8, 4) is 5.75 Å². The number of anilines is 1. The summed E-state index contributed by atoms with van der Waals surface area (Å²) in [7, 11) is 1.66. The SMILES string of the molecule is COc1ccc(N2CCN(C(=O)c3ccc(CN(Cc4ccc(F)cc4)C(C)(C)C)o3)CC2)cc1. The molecule has 3 aromatic rings. The number of rotatable bonds is 7. The fourth-order valence-electron chi connectivity index (χ4n) is 4.22. The van der Waals surface area contributed by atoms with Gasteiger partial charge in [-0.3, -0.25) is 9.69 Å². The van der Waals surface area contributed by atoms with Gasteiger partial charge in [0.2, 0.25) is 0 Å². The summed E-state index contributed by atoms with van der Waals surface area (Å²) in [6, 6.07) is 18.2. The Labute approximate surface area is 206 Å². The zero-order valence-corrected chi connectivity index (χ0v) is 21.0. The molecule has 186 valence electrons. The molecular formula is C28H34FN3O3. The van der Waals surface area contributed by atoms with E-state index in [2.05, 4.69) is 30.6 Å². The Morgan fingerprint density at radius 1 is 0.943 bits per heavy atom. The van der Waals surface area contributed by atoms with Crippen molar-refractivity contribution in [2.45, 2.75) is 39.4 Å². The van der Waals surface area contributed by atoms with Crippen LogP contribution in [0.2, 0.25) is 0 Å². The molecule has 0 bridgehead atoms. The van der Waals surface area contributed by atoms with Crippen LogP contribution in [0.5, 0.6) is 5.75 Å². The van der Waals surface area contributed by atoms with Crippen molar-refractivity contribution in [1.29, 1.82) is 0 Å². The van der Waals surface area contributed by atoms with Gasteiger partial charge in [0.25, 0.3) is 5.91 Å². The van der Waals surface area contributed by atoms with Crippen LogP contribution >= 0.6 is 0 Å². The number of nitrogens with zero attached hydrogens (tertiary/aromatic N) is 3. The molecule has 1 aliphatic rings. The molecule has 2 aromatic carbocycles. The van der Waals surface area contributed by atoms with Crippen molar-refractivity contribution in [2.75, 3.05) is 38.2 Å². The number of methoxy groups -OCH3 is 1. The third-order valence-corrected chi connectivity index (χ3v) is 6.46. The third-order valence-electron chi connectivity index (χ3n) is 6.46. The predicted molar refractivity (Wildman–Crippen MR) is 135 cm³/mol. The number of carbonyl (C=O) groups excluding carboxylic acids is 1. The Hall–Kier alpha value is -3.32. The number of piperazine rings is 1. The summed E-state index contributed by atoms with van der Waals surface area (Å²) in [4.78, 5) is 19.5. The van der Waals surface area contributed by atoms with Crippen LogP contribution in [0.4, 0.5) is 10.1 Å². The molecule has 0 spiro atoms. The van der Waals surface area contributed by atoms with Crippen molar-refractivity contribution in [3.63, 3.8) is 0 Å². The van der Waals surface area contributed by atoms with Gasteiger partial charge in [0, 0.05) is 44.0 Å². The molecule has 6 nitrogen and oxygen atoms in total. The van der Waals surface area contributed by atoms with Crippen LogP contribution in [0, 0.1) is 5.82 Å². The van der Waals surface area contributed by atoms with Gasteiger partial charge in [-0.25, -0.2) is 4.39 Å². The second kappa shape index (κ2) is 10.5. The monoisotopic (exact) mass is 479 g/mol. The highest BCUT2D eigenvalue weighted by atomic mass is 19.1. The van der Waals surface area contributed by atoms with Crippen molar-refractivity contribution >= 4 is 11.6 Å². The second-order valence-corrected chi connectivity index (χ2v) is 9.90. The summed E-state index contributed by atoms with van der Waals surface area (Å²) in [6.45, 7) is 10.4. The van der Waals surface area contributed by atoms with E-state index in [1.54, 1.807) is 25.3 Å². The first kappa shape index (κ1) is 24.8. The molecular weight excluding hydrogens is 445 g/mol. The van der Waals surface area contributed by atoms with E-state index in [1.807, 2.05) is 35.2 Å². The number of furan rings is 1. The minimum atomic E-state index is -0.241. The molecule has 1 fully saturated rings. The Balaban J connectivity index is 1.36. The Morgan fingerprint density at radius 3 is 2.20 bits per heavy atom. The maximum absolute atomic E-state index is 13.3. The maximum Gasteiger partial charge on any atom is 0.289 e. The molecule has 1 saturated heterocycles. The van der Waals surface area contributed by atoms with Crippen LogP contribution in [0.1, 0.15) is 42.6 Å². The quantitative estimate of drug-likeness (QED) is 0.467. The van der Waals surface area contributed by atoms with E-state index in [9.17, 15) is 9.18 Å². The molecule has 35 heavy (non-hydrogen) atoms. The molecule has 0 unspecified atom stereocenters. The second-order valence-electron chi connectivity index (χ2n) is 9.90. The molecule has 0 atom stereocenters. The number of amides is 1. The van der Waals surface area contributed by atoms with Crippen LogP contribution in [-0.4, -0.2) is 54.5 Å². The minimum Gasteiger partial charge on any atom is -0.497 e. The highest BCUT2D eigenvalue weighted by molar-refractivity contribution is 5.91. The van der Waals surface area contributed by atoms with Gasteiger partial charge < -0.3 is 19.0 Å². The average molecular weight is 480 g/mol. The fraction of sp³-hybridized carbons (Fsp3) is 0.393. The first-order chi connectivity index (χ1) is 16.7. The van der Waals surface area contributed by atoms with Gasteiger partial charge in [0.1, 0.15) is 17.3 Å². The van der Waals surface area contributed by atoms with E-state index in [-0.39, 0.29) is 17.3 Å². The topological polar surface area (TPSA) is 49.2 Å². The molecule has 2 heterocycles. The highest BCUT2D eigenvalue weighted by Crippen LogP contribution is 2.24. The first-order valence-corrected chi connectivity index (χ1v) is 12.0. The maximum atomic E-state index is 13.3. The van der Waals surface area contributed by atoms with E-state index < -0.39 is 0 Å². The lowest BCUT2D eigenvalue weighted by atomic mass is 10.0. The molecule has 0 saturated carbocycles. The van der Waals surface area contributed by atoms with Gasteiger partial charge in [-0.15, -0.1) is 0 Å². The van der Waals surface area contributed by atoms with Crippen LogP contribution in [-0.2, 0) is 13.1 Å². The Bertz CT molecular complexity index is 1110. The number of halogens is 1. The lowest BCUT2D eigenvalue weighted by molar-refractivity contribution is 0.0704. The molecule has 0 radical (unpaired) electrons. The van der Waals surface area contributed by atoms with Gasteiger partial charge in [-0.1, -0.05) is 12.1 Å². The van der Waals surface area contributed by atoms with Gasteiger partial charge >= 0.3 is 0 Å². The number of hydrogen-bond acceptors (Lipinski definition) is 5. The summed E-state index contributed by atoms with van der Waals surface area (Å²) < 4.78 is 24.5. The smallest absolute Gasteiger partial charge is 0.289 e. The summed E-state index contributed by atoms with van der Waals surface area (Å²) >= 11 is 0. The number of hydrogen-bond donors (Lipinski definition) is 0. The minimum absolute atomic E-state index is 0.0773. The lowest BCUT2D eigenvalue weighted by Gasteiger charge is -2.36. The number of carbonyl (C=O) groups is 1. The van der Waals surface area contributed by atoms with Gasteiger partial charge in [-0.05, 0) is 74.9 Å². The average Bonchev–Trinajstić information content (AvgIpc) is 3.33. The van der Waals surface area contributed by atoms with Crippen molar-refractivity contribution in [2.24, 2.45) is 0 Å². The summed E-state index contributed by atoms with van der Waals surface area (Å²) in [5.74, 6) is 1.62. The summed E-state index contributed by atoms with van der Waals surface area (Å²) in [5, 5.41) is 0. The fourth-order valence-corrected chi connectivity index (χ4v) is 4.22. The number of ether oxygens (including phenoxy) is 1. The van der Waals surface area contributed by atoms with E-state index in [0.717, 1.165) is 35.9 Å². The van der Waals surface area contributed by atoms with Crippen molar-refractivity contribution < 1.29 is 18.3 Å². The van der Waals surface area contributed by atoms with Crippen LogP contribution in [0.25, 0.3) is 0 Å². The van der Waals surface area contributed by atoms with Crippen LogP contribution in [0.3, 0.4) is 0 Å². The Kier molecular flexibility index (Phi) is 7.45.